The summed E-state index contributed by atoms with van der Waals surface area (Å²) in [5.41, 5.74) is 1.26. The minimum absolute atomic E-state index is 0. The molecule has 0 unspecified atom stereocenters. The maximum atomic E-state index is 5.31. The summed E-state index contributed by atoms with van der Waals surface area (Å²) in [6, 6.07) is 12.4. The molecule has 77 valence electrons. The maximum absolute atomic E-state index is 5.31. The van der Waals surface area contributed by atoms with Gasteiger partial charge < -0.3 is 24.8 Å². The van der Waals surface area contributed by atoms with Gasteiger partial charge in [0.25, 0.3) is 0 Å². The third-order valence-electron chi connectivity index (χ3n) is 2.18. The van der Waals surface area contributed by atoms with E-state index in [9.17, 15) is 0 Å². The Morgan fingerprint density at radius 3 is 2.20 bits per heavy atom. The summed E-state index contributed by atoms with van der Waals surface area (Å²) in [6.07, 6.45) is 0. The number of halogens is 2. The molecule has 2 rings (SSSR count). The van der Waals surface area contributed by atoms with Gasteiger partial charge in [-0.15, -0.1) is 0 Å². The molecule has 0 N–H and O–H groups in total. The van der Waals surface area contributed by atoms with E-state index in [0.717, 1.165) is 5.75 Å². The molecule has 4 heteroatoms. The molecule has 0 spiro atoms. The average Bonchev–Trinajstić information content (AvgIpc) is 2.17. The van der Waals surface area contributed by atoms with E-state index >= 15 is 0 Å². The first-order chi connectivity index (χ1) is 6.33. The van der Waals surface area contributed by atoms with E-state index in [-0.39, 0.29) is 24.8 Å². The third-order valence-corrected chi connectivity index (χ3v) is 2.53. The second-order valence-corrected chi connectivity index (χ2v) is 3.35. The van der Waals surface area contributed by atoms with Gasteiger partial charge in [-0.3, -0.25) is 0 Å². The Morgan fingerprint density at radius 2 is 1.60 bits per heavy atom. The molecule has 0 bridgehead atoms. The van der Waals surface area contributed by atoms with Gasteiger partial charge in [-0.1, -0.05) is 0 Å². The smallest absolute Gasteiger partial charge is 1.00 e. The third kappa shape index (κ3) is 2.88. The maximum Gasteiger partial charge on any atom is -1.00 e. The van der Waals surface area contributed by atoms with Crippen molar-refractivity contribution in [2.45, 2.75) is 6.92 Å². The molecule has 0 heterocycles. The fourth-order valence-electron chi connectivity index (χ4n) is 1.57. The standard InChI is InChI=1S/C11H10O.2ClH.Ti/c1-8-4-2-5-9-6-3-7-10(12)11(8)9;;;/h2-7,12H,1H3;2*1H;/q;;;+3/p-3. The predicted octanol–water partition coefficient (Wildman–Crippen LogP) is -3.00. The summed E-state index contributed by atoms with van der Waals surface area (Å²) >= 11 is 1.71. The van der Waals surface area contributed by atoms with Gasteiger partial charge in [-0.25, -0.2) is 0 Å². The van der Waals surface area contributed by atoms with E-state index in [1.807, 2.05) is 12.1 Å². The molecule has 0 aromatic heterocycles. The number of benzene rings is 2. The van der Waals surface area contributed by atoms with Crippen LogP contribution in [0.25, 0.3) is 10.8 Å². The van der Waals surface area contributed by atoms with Crippen molar-refractivity contribution in [3.63, 3.8) is 0 Å². The van der Waals surface area contributed by atoms with Crippen molar-refractivity contribution in [2.75, 3.05) is 0 Å². The number of hydrogen-bond donors (Lipinski definition) is 0. The molecule has 0 atom stereocenters. The first-order valence-corrected chi connectivity index (χ1v) is 4.78. The fraction of sp³-hybridized carbons (Fsp3) is 0.0909. The van der Waals surface area contributed by atoms with E-state index in [2.05, 4.69) is 31.2 Å². The van der Waals surface area contributed by atoms with Crippen LogP contribution in [0.3, 0.4) is 0 Å². The Morgan fingerprint density at radius 1 is 1.00 bits per heavy atom. The summed E-state index contributed by atoms with van der Waals surface area (Å²) < 4.78 is 5.31. The van der Waals surface area contributed by atoms with Gasteiger partial charge in [-0.2, -0.15) is 0 Å². The van der Waals surface area contributed by atoms with Gasteiger partial charge in [0, 0.05) is 0 Å². The fourth-order valence-corrected chi connectivity index (χ4v) is 1.84. The molecule has 2 aromatic rings. The summed E-state index contributed by atoms with van der Waals surface area (Å²) in [6.45, 7) is 2.10. The number of rotatable bonds is 1. The van der Waals surface area contributed by atoms with E-state index < -0.39 is 0 Å². The van der Waals surface area contributed by atoms with Crippen LogP contribution in [0.5, 0.6) is 5.75 Å². The van der Waals surface area contributed by atoms with Crippen LogP contribution in [0.15, 0.2) is 36.4 Å². The van der Waals surface area contributed by atoms with Crippen molar-refractivity contribution in [1.82, 2.24) is 0 Å². The summed E-state index contributed by atoms with van der Waals surface area (Å²) in [5, 5.41) is 2.45. The summed E-state index contributed by atoms with van der Waals surface area (Å²) in [4.78, 5) is 0. The Hall–Kier alpha value is -0.206. The second kappa shape index (κ2) is 6.39. The molecule has 0 saturated carbocycles. The average molecular weight is 276 g/mol. The monoisotopic (exact) mass is 275 g/mol. The summed E-state index contributed by atoms with van der Waals surface area (Å²) in [7, 11) is 0. The van der Waals surface area contributed by atoms with E-state index in [0.29, 0.717) is 0 Å². The van der Waals surface area contributed by atoms with Crippen LogP contribution in [0, 0.1) is 6.92 Å². The first kappa shape index (κ1) is 14.8. The van der Waals surface area contributed by atoms with E-state index in [4.69, 9.17) is 3.32 Å². The minimum Gasteiger partial charge on any atom is -1.00 e. The van der Waals surface area contributed by atoms with Gasteiger partial charge >= 0.3 is 89.5 Å². The molecule has 1 nitrogen and oxygen atoms in total. The molecule has 0 amide bonds. The Bertz CT molecular complexity index is 440. The van der Waals surface area contributed by atoms with Crippen LogP contribution in [-0.4, -0.2) is 0 Å². The second-order valence-electron chi connectivity index (χ2n) is 3.03. The zero-order valence-electron chi connectivity index (χ0n) is 8.13. The van der Waals surface area contributed by atoms with Crippen LogP contribution in [0.1, 0.15) is 5.56 Å². The number of fused-ring (bicyclic) bond motifs is 1. The molecular weight excluding hydrogens is 267 g/mol. The van der Waals surface area contributed by atoms with Crippen molar-refractivity contribution < 1.29 is 49.0 Å². The molecule has 15 heavy (non-hydrogen) atoms. The predicted molar refractivity (Wildman–Crippen MR) is 49.3 cm³/mol. The topological polar surface area (TPSA) is 9.23 Å². The van der Waals surface area contributed by atoms with Gasteiger partial charge in [-0.05, 0) is 0 Å². The van der Waals surface area contributed by atoms with Crippen LogP contribution < -0.4 is 28.1 Å². The Kier molecular flexibility index (Phi) is 6.30. The number of aryl methyl sites for hydroxylation is 1. The van der Waals surface area contributed by atoms with Crippen LogP contribution >= 0.6 is 0 Å². The normalized spacial score (nSPS) is 9.00. The number of hydrogen-bond acceptors (Lipinski definition) is 1. The van der Waals surface area contributed by atoms with Crippen molar-refractivity contribution in [2.24, 2.45) is 0 Å². The zero-order valence-corrected chi connectivity index (χ0v) is 11.2. The van der Waals surface area contributed by atoms with Crippen molar-refractivity contribution in [3.05, 3.63) is 42.0 Å². The molecular formula is C11H9Cl2OTi. The first-order valence-electron chi connectivity index (χ1n) is 4.15. The zero-order chi connectivity index (χ0) is 9.26. The van der Waals surface area contributed by atoms with Crippen molar-refractivity contribution in [1.29, 1.82) is 0 Å². The Labute approximate surface area is 114 Å². The minimum atomic E-state index is 0. The molecule has 0 fully saturated rings. The van der Waals surface area contributed by atoms with E-state index in [1.54, 1.807) is 20.8 Å². The molecule has 0 aliphatic rings. The van der Waals surface area contributed by atoms with Crippen LogP contribution in [0.4, 0.5) is 0 Å². The van der Waals surface area contributed by atoms with Gasteiger partial charge in [0.2, 0.25) is 0 Å². The molecule has 0 radical (unpaired) electrons. The quantitative estimate of drug-likeness (QED) is 0.504. The Balaban J connectivity index is 0.000000980. The largest absolute Gasteiger partial charge is 1.00 e. The van der Waals surface area contributed by atoms with Gasteiger partial charge in [0.1, 0.15) is 0 Å². The molecule has 0 aliphatic heterocycles. The van der Waals surface area contributed by atoms with E-state index in [1.165, 1.54) is 16.3 Å². The van der Waals surface area contributed by atoms with Crippen molar-refractivity contribution in [3.8, 4) is 5.75 Å². The SMILES string of the molecule is Cc1cccc2cccc([O][Ti+2])c12.[Cl-].[Cl-]. The molecule has 2 aromatic carbocycles. The van der Waals surface area contributed by atoms with Crippen molar-refractivity contribution >= 4 is 10.8 Å². The van der Waals surface area contributed by atoms with Crippen LogP contribution in [0.2, 0.25) is 0 Å². The van der Waals surface area contributed by atoms with Gasteiger partial charge in [0.15, 0.2) is 0 Å². The summed E-state index contributed by atoms with van der Waals surface area (Å²) in [5.74, 6) is 0.954. The molecule has 0 saturated heterocycles. The molecule has 0 aliphatic carbocycles. The van der Waals surface area contributed by atoms with Gasteiger partial charge in [0.05, 0.1) is 0 Å². The van der Waals surface area contributed by atoms with Crippen LogP contribution in [-0.2, 0) is 20.8 Å².